The van der Waals surface area contributed by atoms with Crippen LogP contribution in [-0.4, -0.2) is 29.7 Å². The van der Waals surface area contributed by atoms with Gasteiger partial charge in [-0.25, -0.2) is 0 Å². The van der Waals surface area contributed by atoms with E-state index in [2.05, 4.69) is 0 Å². The number of esters is 1. The van der Waals surface area contributed by atoms with Crippen molar-refractivity contribution in [1.82, 2.24) is 0 Å². The molecule has 1 unspecified atom stereocenters. The Kier molecular flexibility index (Phi) is 5.14. The van der Waals surface area contributed by atoms with E-state index in [0.29, 0.717) is 0 Å². The van der Waals surface area contributed by atoms with Crippen LogP contribution in [0.3, 0.4) is 0 Å². The van der Waals surface area contributed by atoms with Crippen LogP contribution in [0.2, 0.25) is 0 Å². The summed E-state index contributed by atoms with van der Waals surface area (Å²) in [6.45, 7) is 3.95. The number of hydrogen-bond acceptors (Lipinski definition) is 4. The van der Waals surface area contributed by atoms with Crippen molar-refractivity contribution >= 4 is 17.7 Å². The summed E-state index contributed by atoms with van der Waals surface area (Å²) in [5, 5.41) is 0. The Bertz CT molecular complexity index is 425. The molecule has 1 aliphatic rings. The van der Waals surface area contributed by atoms with Gasteiger partial charge in [0.15, 0.2) is 0 Å². The molecule has 1 atom stereocenters. The van der Waals surface area contributed by atoms with Crippen molar-refractivity contribution < 1.29 is 14.3 Å². The minimum Gasteiger partial charge on any atom is -0.491 e. The molecular weight excluding hydrogens is 260 g/mol. The zero-order chi connectivity index (χ0) is 13.7. The first kappa shape index (κ1) is 14.3. The van der Waals surface area contributed by atoms with Gasteiger partial charge in [-0.05, 0) is 32.1 Å². The van der Waals surface area contributed by atoms with Crippen LogP contribution in [0.5, 0.6) is 5.75 Å². The zero-order valence-corrected chi connectivity index (χ0v) is 12.2. The normalized spacial score (nSPS) is 18.6. The second-order valence-corrected chi connectivity index (χ2v) is 6.08. The summed E-state index contributed by atoms with van der Waals surface area (Å²) < 4.78 is 11.2. The largest absolute Gasteiger partial charge is 0.491 e. The molecule has 1 aromatic rings. The number of carbonyl (C=O) groups is 1. The lowest BCUT2D eigenvalue weighted by Gasteiger charge is -2.15. The summed E-state index contributed by atoms with van der Waals surface area (Å²) in [5.74, 6) is 2.63. The van der Waals surface area contributed by atoms with Crippen LogP contribution < -0.4 is 4.74 Å². The van der Waals surface area contributed by atoms with E-state index in [1.165, 1.54) is 0 Å². The molecule has 1 aromatic carbocycles. The van der Waals surface area contributed by atoms with Crippen LogP contribution in [0.1, 0.15) is 25.8 Å². The second kappa shape index (κ2) is 6.85. The van der Waals surface area contributed by atoms with Gasteiger partial charge in [-0.3, -0.25) is 4.79 Å². The lowest BCUT2D eigenvalue weighted by atomic mass is 10.1. The molecular formula is C15H20O3S. The molecule has 0 N–H and O–H groups in total. The van der Waals surface area contributed by atoms with Gasteiger partial charge in [-0.1, -0.05) is 18.2 Å². The molecule has 2 rings (SSSR count). The predicted molar refractivity (Wildman–Crippen MR) is 77.7 cm³/mol. The van der Waals surface area contributed by atoms with Crippen molar-refractivity contribution in [1.29, 1.82) is 0 Å². The highest BCUT2D eigenvalue weighted by Crippen LogP contribution is 2.23. The molecule has 0 spiro atoms. The first-order chi connectivity index (χ1) is 9.15. The molecule has 3 nitrogen and oxygen atoms in total. The van der Waals surface area contributed by atoms with Gasteiger partial charge in [0, 0.05) is 11.3 Å². The van der Waals surface area contributed by atoms with Gasteiger partial charge in [0.25, 0.3) is 0 Å². The van der Waals surface area contributed by atoms with Crippen molar-refractivity contribution in [3.05, 3.63) is 29.8 Å². The zero-order valence-electron chi connectivity index (χ0n) is 11.4. The maximum atomic E-state index is 11.9. The molecule has 1 fully saturated rings. The quantitative estimate of drug-likeness (QED) is 0.777. The lowest BCUT2D eigenvalue weighted by molar-refractivity contribution is -0.147. The third kappa shape index (κ3) is 4.46. The highest BCUT2D eigenvalue weighted by atomic mass is 32.2. The summed E-state index contributed by atoms with van der Waals surface area (Å²) in [6.07, 6.45) is 1.45. The molecule has 1 saturated heterocycles. The minimum atomic E-state index is -0.160. The van der Waals surface area contributed by atoms with Crippen molar-refractivity contribution in [2.75, 3.05) is 11.5 Å². The Morgan fingerprint density at radius 3 is 2.89 bits per heavy atom. The van der Waals surface area contributed by atoms with E-state index in [-0.39, 0.29) is 24.6 Å². The predicted octanol–water partition coefficient (Wildman–Crippen LogP) is 3.07. The van der Waals surface area contributed by atoms with Crippen LogP contribution in [0.4, 0.5) is 0 Å². The summed E-state index contributed by atoms with van der Waals surface area (Å²) in [7, 11) is 0. The molecule has 0 radical (unpaired) electrons. The van der Waals surface area contributed by atoms with E-state index in [4.69, 9.17) is 9.47 Å². The smallest absolute Gasteiger partial charge is 0.310 e. The number of hydrogen-bond donors (Lipinski definition) is 0. The molecule has 1 aliphatic heterocycles. The summed E-state index contributed by atoms with van der Waals surface area (Å²) in [4.78, 5) is 11.9. The number of thioether (sulfide) groups is 1. The van der Waals surface area contributed by atoms with Crippen molar-refractivity contribution in [2.45, 2.75) is 38.9 Å². The number of benzene rings is 1. The van der Waals surface area contributed by atoms with E-state index in [1.54, 1.807) is 0 Å². The highest BCUT2D eigenvalue weighted by molar-refractivity contribution is 7.99. The first-order valence-corrected chi connectivity index (χ1v) is 7.82. The molecule has 0 amide bonds. The van der Waals surface area contributed by atoms with Gasteiger partial charge in [0.05, 0.1) is 12.5 Å². The molecule has 4 heteroatoms. The molecule has 0 aromatic heterocycles. The van der Waals surface area contributed by atoms with Crippen molar-refractivity contribution in [3.63, 3.8) is 0 Å². The number of rotatable bonds is 5. The topological polar surface area (TPSA) is 35.5 Å². The van der Waals surface area contributed by atoms with Crippen LogP contribution in [-0.2, 0) is 16.0 Å². The maximum absolute atomic E-state index is 11.9. The lowest BCUT2D eigenvalue weighted by Crippen LogP contribution is -2.19. The van der Waals surface area contributed by atoms with Crippen molar-refractivity contribution in [3.8, 4) is 5.75 Å². The fourth-order valence-corrected chi connectivity index (χ4v) is 3.10. The molecule has 1 heterocycles. The molecule has 0 aliphatic carbocycles. The fraction of sp³-hybridized carbons (Fsp3) is 0.533. The second-order valence-electron chi connectivity index (χ2n) is 4.93. The molecule has 19 heavy (non-hydrogen) atoms. The first-order valence-electron chi connectivity index (χ1n) is 6.67. The monoisotopic (exact) mass is 280 g/mol. The Balaban J connectivity index is 1.95. The van der Waals surface area contributed by atoms with Gasteiger partial charge in [-0.2, -0.15) is 11.8 Å². The Labute approximate surface area is 118 Å². The average Bonchev–Trinajstić information content (AvgIpc) is 2.83. The number of carbonyl (C=O) groups excluding carboxylic acids is 1. The van der Waals surface area contributed by atoms with Crippen LogP contribution >= 0.6 is 11.8 Å². The van der Waals surface area contributed by atoms with Crippen LogP contribution in [0.25, 0.3) is 0 Å². The summed E-state index contributed by atoms with van der Waals surface area (Å²) >= 11 is 1.84. The van der Waals surface area contributed by atoms with E-state index in [1.807, 2.05) is 49.9 Å². The van der Waals surface area contributed by atoms with Gasteiger partial charge < -0.3 is 9.47 Å². The SMILES string of the molecule is CC(C)Oc1ccccc1CC(=O)OC1CCSC1. The summed E-state index contributed by atoms with van der Waals surface area (Å²) in [6, 6.07) is 7.65. The Morgan fingerprint density at radius 1 is 1.42 bits per heavy atom. The van der Waals surface area contributed by atoms with E-state index >= 15 is 0 Å². The number of ether oxygens (including phenoxy) is 2. The van der Waals surface area contributed by atoms with Gasteiger partial charge in [0.1, 0.15) is 11.9 Å². The van der Waals surface area contributed by atoms with Crippen LogP contribution in [0.15, 0.2) is 24.3 Å². The standard InChI is InChI=1S/C15H20O3S/c1-11(2)17-14-6-4-3-5-12(14)9-15(16)18-13-7-8-19-10-13/h3-6,11,13H,7-10H2,1-2H3. The summed E-state index contributed by atoms with van der Waals surface area (Å²) in [5.41, 5.74) is 0.895. The van der Waals surface area contributed by atoms with Gasteiger partial charge in [0.2, 0.25) is 0 Å². The third-order valence-corrected chi connectivity index (χ3v) is 3.99. The number of para-hydroxylation sites is 1. The maximum Gasteiger partial charge on any atom is 0.310 e. The minimum absolute atomic E-state index is 0.0932. The molecule has 104 valence electrons. The molecule has 0 saturated carbocycles. The highest BCUT2D eigenvalue weighted by Gasteiger charge is 2.20. The van der Waals surface area contributed by atoms with E-state index in [0.717, 1.165) is 29.2 Å². The average molecular weight is 280 g/mol. The Morgan fingerprint density at radius 2 is 2.21 bits per heavy atom. The van der Waals surface area contributed by atoms with Crippen molar-refractivity contribution in [2.24, 2.45) is 0 Å². The molecule has 0 bridgehead atoms. The van der Waals surface area contributed by atoms with Gasteiger partial charge >= 0.3 is 5.97 Å². The Hall–Kier alpha value is -1.16. The fourth-order valence-electron chi connectivity index (χ4n) is 2.01. The van der Waals surface area contributed by atoms with E-state index < -0.39 is 0 Å². The third-order valence-electron chi connectivity index (χ3n) is 2.86. The van der Waals surface area contributed by atoms with Crippen LogP contribution in [0, 0.1) is 0 Å². The van der Waals surface area contributed by atoms with Gasteiger partial charge in [-0.15, -0.1) is 0 Å². The van der Waals surface area contributed by atoms with E-state index in [9.17, 15) is 4.79 Å².